The standard InChI is InChI=1S/C4H8N2O2/c5-3-2(7)1-6-4(3)8/h2-3,7H,1,5H2,(H,6,8). The first kappa shape index (κ1) is 5.53. The van der Waals surface area contributed by atoms with Gasteiger partial charge in [0, 0.05) is 6.54 Å². The minimum Gasteiger partial charge on any atom is -0.389 e. The van der Waals surface area contributed by atoms with Gasteiger partial charge in [0.1, 0.15) is 6.04 Å². The fraction of sp³-hybridized carbons (Fsp3) is 0.750. The maximum atomic E-state index is 10.4. The molecule has 1 saturated heterocycles. The van der Waals surface area contributed by atoms with E-state index in [0.717, 1.165) is 0 Å². The predicted octanol–water partition coefficient (Wildman–Crippen LogP) is -2.20. The molecular weight excluding hydrogens is 108 g/mol. The topological polar surface area (TPSA) is 75.4 Å². The second kappa shape index (κ2) is 1.72. The number of aliphatic hydroxyl groups excluding tert-OH is 1. The van der Waals surface area contributed by atoms with Crippen LogP contribution in [0.15, 0.2) is 0 Å². The van der Waals surface area contributed by atoms with Gasteiger partial charge in [-0.25, -0.2) is 0 Å². The summed E-state index contributed by atoms with van der Waals surface area (Å²) >= 11 is 0. The highest BCUT2D eigenvalue weighted by atomic mass is 16.3. The molecule has 2 atom stereocenters. The highest BCUT2D eigenvalue weighted by Gasteiger charge is 2.28. The molecule has 1 aliphatic rings. The number of hydrogen-bond donors (Lipinski definition) is 3. The molecule has 0 radical (unpaired) electrons. The van der Waals surface area contributed by atoms with Gasteiger partial charge in [-0.05, 0) is 0 Å². The minimum atomic E-state index is -0.713. The Morgan fingerprint density at radius 3 is 2.62 bits per heavy atom. The molecule has 0 aromatic rings. The van der Waals surface area contributed by atoms with Crippen molar-refractivity contribution in [2.75, 3.05) is 6.54 Å². The lowest BCUT2D eigenvalue weighted by Gasteiger charge is -2.00. The second-order valence-electron chi connectivity index (χ2n) is 1.84. The van der Waals surface area contributed by atoms with Crippen LogP contribution in [0.5, 0.6) is 0 Å². The summed E-state index contributed by atoms with van der Waals surface area (Å²) in [6, 6.07) is -0.713. The molecule has 0 saturated carbocycles. The maximum Gasteiger partial charge on any atom is 0.239 e. The van der Waals surface area contributed by atoms with Crippen molar-refractivity contribution >= 4 is 5.91 Å². The third-order valence-electron chi connectivity index (χ3n) is 1.20. The molecular formula is C4H8N2O2. The zero-order chi connectivity index (χ0) is 6.15. The lowest BCUT2D eigenvalue weighted by Crippen LogP contribution is -2.36. The van der Waals surface area contributed by atoms with E-state index in [4.69, 9.17) is 10.8 Å². The largest absolute Gasteiger partial charge is 0.389 e. The maximum absolute atomic E-state index is 10.4. The van der Waals surface area contributed by atoms with Crippen molar-refractivity contribution in [2.24, 2.45) is 5.73 Å². The third-order valence-corrected chi connectivity index (χ3v) is 1.20. The number of nitrogens with one attached hydrogen (secondary N) is 1. The van der Waals surface area contributed by atoms with Crippen molar-refractivity contribution in [1.82, 2.24) is 5.32 Å². The Balaban J connectivity index is 2.56. The monoisotopic (exact) mass is 116 g/mol. The molecule has 1 aliphatic heterocycles. The van der Waals surface area contributed by atoms with Gasteiger partial charge >= 0.3 is 0 Å². The van der Waals surface area contributed by atoms with Crippen molar-refractivity contribution < 1.29 is 9.90 Å². The molecule has 1 amide bonds. The molecule has 4 nitrogen and oxygen atoms in total. The number of carbonyl (C=O) groups excluding carboxylic acids is 1. The second-order valence-corrected chi connectivity index (χ2v) is 1.84. The Kier molecular flexibility index (Phi) is 1.19. The summed E-state index contributed by atoms with van der Waals surface area (Å²) in [7, 11) is 0. The van der Waals surface area contributed by atoms with Crippen LogP contribution >= 0.6 is 0 Å². The zero-order valence-corrected chi connectivity index (χ0v) is 4.29. The Morgan fingerprint density at radius 1 is 1.88 bits per heavy atom. The van der Waals surface area contributed by atoms with E-state index >= 15 is 0 Å². The van der Waals surface area contributed by atoms with Gasteiger partial charge in [0.2, 0.25) is 5.91 Å². The van der Waals surface area contributed by atoms with Crippen molar-refractivity contribution in [2.45, 2.75) is 12.1 Å². The van der Waals surface area contributed by atoms with E-state index in [9.17, 15) is 4.79 Å². The van der Waals surface area contributed by atoms with Crippen molar-refractivity contribution in [3.8, 4) is 0 Å². The lowest BCUT2D eigenvalue weighted by molar-refractivity contribution is -0.120. The molecule has 8 heavy (non-hydrogen) atoms. The van der Waals surface area contributed by atoms with E-state index < -0.39 is 12.1 Å². The number of carbonyl (C=O) groups is 1. The molecule has 46 valence electrons. The summed E-state index contributed by atoms with van der Waals surface area (Å²) in [5.74, 6) is -0.266. The van der Waals surface area contributed by atoms with Crippen LogP contribution in [-0.4, -0.2) is 29.7 Å². The SMILES string of the molecule is NC1C(=O)NCC1O. The summed E-state index contributed by atoms with van der Waals surface area (Å²) in [5.41, 5.74) is 5.16. The molecule has 0 spiro atoms. The Bertz CT molecular complexity index is 115. The van der Waals surface area contributed by atoms with Crippen molar-refractivity contribution in [1.29, 1.82) is 0 Å². The molecule has 0 bridgehead atoms. The molecule has 1 heterocycles. The Hall–Kier alpha value is -0.610. The van der Waals surface area contributed by atoms with E-state index in [-0.39, 0.29) is 5.91 Å². The molecule has 2 unspecified atom stereocenters. The average Bonchev–Trinajstić information content (AvgIpc) is 1.98. The summed E-state index contributed by atoms with van der Waals surface area (Å²) in [6.45, 7) is 0.292. The summed E-state index contributed by atoms with van der Waals surface area (Å²) < 4.78 is 0. The van der Waals surface area contributed by atoms with E-state index in [2.05, 4.69) is 5.32 Å². The van der Waals surface area contributed by atoms with Gasteiger partial charge in [-0.1, -0.05) is 0 Å². The summed E-state index contributed by atoms with van der Waals surface area (Å²) in [4.78, 5) is 10.4. The van der Waals surface area contributed by atoms with Crippen LogP contribution in [0.4, 0.5) is 0 Å². The number of amides is 1. The first-order valence-corrected chi connectivity index (χ1v) is 2.43. The Labute approximate surface area is 46.7 Å². The third kappa shape index (κ3) is 0.677. The normalized spacial score (nSPS) is 37.5. The number of β-amino-alcohol motifs (C(OH)–C–C–N with tert-alkyl or cyclic N) is 1. The fourth-order valence-electron chi connectivity index (χ4n) is 0.625. The van der Waals surface area contributed by atoms with E-state index in [1.165, 1.54) is 0 Å². The highest BCUT2D eigenvalue weighted by Crippen LogP contribution is 1.95. The highest BCUT2D eigenvalue weighted by molar-refractivity contribution is 5.84. The fourth-order valence-corrected chi connectivity index (χ4v) is 0.625. The van der Waals surface area contributed by atoms with Gasteiger partial charge in [0.05, 0.1) is 6.10 Å². The molecule has 0 aromatic heterocycles. The van der Waals surface area contributed by atoms with Crippen LogP contribution in [0.1, 0.15) is 0 Å². The van der Waals surface area contributed by atoms with Crippen LogP contribution in [0.3, 0.4) is 0 Å². The number of hydrogen-bond acceptors (Lipinski definition) is 3. The van der Waals surface area contributed by atoms with Crippen molar-refractivity contribution in [3.63, 3.8) is 0 Å². The Morgan fingerprint density at radius 2 is 2.50 bits per heavy atom. The summed E-state index contributed by atoms with van der Waals surface area (Å²) in [6.07, 6.45) is -0.692. The molecule has 4 heteroatoms. The van der Waals surface area contributed by atoms with E-state index in [1.807, 2.05) is 0 Å². The average molecular weight is 116 g/mol. The van der Waals surface area contributed by atoms with E-state index in [0.29, 0.717) is 6.54 Å². The molecule has 0 aliphatic carbocycles. The van der Waals surface area contributed by atoms with Gasteiger partial charge in [0.25, 0.3) is 0 Å². The predicted molar refractivity (Wildman–Crippen MR) is 27.0 cm³/mol. The van der Waals surface area contributed by atoms with Gasteiger partial charge in [0.15, 0.2) is 0 Å². The number of rotatable bonds is 0. The van der Waals surface area contributed by atoms with Crippen LogP contribution in [0, 0.1) is 0 Å². The zero-order valence-electron chi connectivity index (χ0n) is 4.29. The molecule has 1 rings (SSSR count). The van der Waals surface area contributed by atoms with Gasteiger partial charge < -0.3 is 16.2 Å². The quantitative estimate of drug-likeness (QED) is 0.336. The minimum absolute atomic E-state index is 0.266. The number of aliphatic hydroxyl groups is 1. The first-order valence-electron chi connectivity index (χ1n) is 2.43. The van der Waals surface area contributed by atoms with E-state index in [1.54, 1.807) is 0 Å². The van der Waals surface area contributed by atoms with Gasteiger partial charge in [-0.15, -0.1) is 0 Å². The van der Waals surface area contributed by atoms with Crippen LogP contribution < -0.4 is 11.1 Å². The lowest BCUT2D eigenvalue weighted by atomic mass is 10.2. The van der Waals surface area contributed by atoms with Crippen LogP contribution in [-0.2, 0) is 4.79 Å². The first-order chi connectivity index (χ1) is 3.72. The molecule has 0 aromatic carbocycles. The smallest absolute Gasteiger partial charge is 0.239 e. The van der Waals surface area contributed by atoms with Gasteiger partial charge in [-0.2, -0.15) is 0 Å². The number of nitrogens with two attached hydrogens (primary N) is 1. The van der Waals surface area contributed by atoms with Crippen LogP contribution in [0.25, 0.3) is 0 Å². The molecule has 4 N–H and O–H groups in total. The van der Waals surface area contributed by atoms with Crippen LogP contribution in [0.2, 0.25) is 0 Å². The molecule has 1 fully saturated rings. The van der Waals surface area contributed by atoms with Crippen molar-refractivity contribution in [3.05, 3.63) is 0 Å². The van der Waals surface area contributed by atoms with Gasteiger partial charge in [-0.3, -0.25) is 4.79 Å². The summed E-state index contributed by atoms with van der Waals surface area (Å²) in [5, 5.41) is 11.2.